The van der Waals surface area contributed by atoms with Crippen molar-refractivity contribution in [2.45, 2.75) is 6.54 Å². The normalized spacial score (nSPS) is 10.7. The molecular weight excluding hydrogens is 388 g/mol. The third-order valence-electron chi connectivity index (χ3n) is 4.41. The molecule has 0 unspecified atom stereocenters. The van der Waals surface area contributed by atoms with E-state index in [0.29, 0.717) is 35.3 Å². The van der Waals surface area contributed by atoms with Crippen LogP contribution in [0.15, 0.2) is 53.4 Å². The standard InChI is InChI=1S/C20H20N6O4/c1-28-14-8-12(9-15(10-14)29-2)24-18-16(17(21)27)19-22-5-6-26(19)20(25-18)23-11-13-4-3-7-30-13/h3-10,24H,11H2,1-2H3,(H2,21,27)(H,23,25). The predicted molar refractivity (Wildman–Crippen MR) is 110 cm³/mol. The van der Waals surface area contributed by atoms with E-state index in [4.69, 9.17) is 19.6 Å². The number of hydrogen-bond acceptors (Lipinski definition) is 8. The molecule has 0 fully saturated rings. The van der Waals surface area contributed by atoms with E-state index in [1.54, 1.807) is 61.5 Å². The number of aromatic nitrogens is 3. The first-order valence-corrected chi connectivity index (χ1v) is 9.02. The minimum absolute atomic E-state index is 0.158. The molecule has 0 aliphatic rings. The minimum atomic E-state index is -0.659. The number of nitrogens with zero attached hydrogens (tertiary/aromatic N) is 3. The van der Waals surface area contributed by atoms with Crippen LogP contribution in [0.5, 0.6) is 11.5 Å². The molecule has 0 saturated heterocycles. The van der Waals surface area contributed by atoms with Crippen LogP contribution in [0.2, 0.25) is 0 Å². The van der Waals surface area contributed by atoms with E-state index in [1.807, 2.05) is 6.07 Å². The van der Waals surface area contributed by atoms with E-state index in [9.17, 15) is 4.79 Å². The summed E-state index contributed by atoms with van der Waals surface area (Å²) in [6.45, 7) is 0.398. The molecular formula is C20H20N6O4. The molecule has 1 aromatic carbocycles. The summed E-state index contributed by atoms with van der Waals surface area (Å²) < 4.78 is 17.6. The first-order valence-electron chi connectivity index (χ1n) is 9.02. The summed E-state index contributed by atoms with van der Waals surface area (Å²) >= 11 is 0. The molecule has 0 bridgehead atoms. The van der Waals surface area contributed by atoms with E-state index in [2.05, 4.69) is 20.6 Å². The number of amides is 1. The number of carbonyl (C=O) groups is 1. The Labute approximate surface area is 171 Å². The van der Waals surface area contributed by atoms with Gasteiger partial charge in [-0.15, -0.1) is 0 Å². The number of primary amides is 1. The molecule has 30 heavy (non-hydrogen) atoms. The summed E-state index contributed by atoms with van der Waals surface area (Å²) in [6, 6.07) is 8.89. The van der Waals surface area contributed by atoms with Crippen molar-refractivity contribution in [3.8, 4) is 11.5 Å². The zero-order valence-electron chi connectivity index (χ0n) is 16.4. The van der Waals surface area contributed by atoms with Gasteiger partial charge in [-0.05, 0) is 12.1 Å². The average molecular weight is 408 g/mol. The molecule has 3 heterocycles. The van der Waals surface area contributed by atoms with E-state index in [0.717, 1.165) is 5.76 Å². The van der Waals surface area contributed by atoms with Crippen molar-refractivity contribution < 1.29 is 18.7 Å². The second-order valence-corrected chi connectivity index (χ2v) is 6.30. The minimum Gasteiger partial charge on any atom is -0.497 e. The largest absolute Gasteiger partial charge is 0.497 e. The van der Waals surface area contributed by atoms with Gasteiger partial charge in [0.2, 0.25) is 5.95 Å². The first kappa shape index (κ1) is 19.1. The number of anilines is 3. The summed E-state index contributed by atoms with van der Waals surface area (Å²) in [4.78, 5) is 21.1. The highest BCUT2D eigenvalue weighted by Crippen LogP contribution is 2.30. The number of imidazole rings is 1. The van der Waals surface area contributed by atoms with Gasteiger partial charge in [0.05, 0.1) is 27.0 Å². The van der Waals surface area contributed by atoms with Crippen LogP contribution in [-0.2, 0) is 6.54 Å². The van der Waals surface area contributed by atoms with E-state index in [1.165, 1.54) is 0 Å². The molecule has 3 aromatic heterocycles. The lowest BCUT2D eigenvalue weighted by atomic mass is 10.2. The zero-order valence-corrected chi connectivity index (χ0v) is 16.4. The van der Waals surface area contributed by atoms with Crippen molar-refractivity contribution in [1.29, 1.82) is 0 Å². The van der Waals surface area contributed by atoms with E-state index in [-0.39, 0.29) is 11.4 Å². The Bertz CT molecular complexity index is 1160. The van der Waals surface area contributed by atoms with Crippen LogP contribution < -0.4 is 25.8 Å². The van der Waals surface area contributed by atoms with Crippen LogP contribution in [0.4, 0.5) is 17.5 Å². The van der Waals surface area contributed by atoms with Gasteiger partial charge in [-0.25, -0.2) is 4.98 Å². The highest BCUT2D eigenvalue weighted by atomic mass is 16.5. The number of carbonyl (C=O) groups excluding carboxylic acids is 1. The van der Waals surface area contributed by atoms with Crippen molar-refractivity contribution in [3.63, 3.8) is 0 Å². The Morgan fingerprint density at radius 3 is 2.63 bits per heavy atom. The number of nitrogens with two attached hydrogens (primary N) is 1. The van der Waals surface area contributed by atoms with Crippen LogP contribution in [-0.4, -0.2) is 34.5 Å². The summed E-state index contributed by atoms with van der Waals surface area (Å²) in [5.74, 6) is 1.94. The van der Waals surface area contributed by atoms with Crippen LogP contribution in [0, 0.1) is 0 Å². The van der Waals surface area contributed by atoms with Gasteiger partial charge >= 0.3 is 0 Å². The van der Waals surface area contributed by atoms with E-state index >= 15 is 0 Å². The van der Waals surface area contributed by atoms with Crippen molar-refractivity contribution in [3.05, 3.63) is 60.3 Å². The lowest BCUT2D eigenvalue weighted by molar-refractivity contribution is 0.100. The van der Waals surface area contributed by atoms with Gasteiger partial charge < -0.3 is 30.3 Å². The van der Waals surface area contributed by atoms with Crippen LogP contribution in [0.3, 0.4) is 0 Å². The fourth-order valence-electron chi connectivity index (χ4n) is 3.02. The van der Waals surface area contributed by atoms with Crippen LogP contribution in [0.1, 0.15) is 16.1 Å². The number of benzene rings is 1. The van der Waals surface area contributed by atoms with Crippen molar-refractivity contribution in [2.75, 3.05) is 24.9 Å². The number of methoxy groups -OCH3 is 2. The number of rotatable bonds is 8. The maximum Gasteiger partial charge on any atom is 0.256 e. The second kappa shape index (κ2) is 8.03. The van der Waals surface area contributed by atoms with Gasteiger partial charge in [0, 0.05) is 36.3 Å². The van der Waals surface area contributed by atoms with Crippen molar-refractivity contribution in [2.24, 2.45) is 5.73 Å². The lowest BCUT2D eigenvalue weighted by Crippen LogP contribution is -2.18. The van der Waals surface area contributed by atoms with Gasteiger partial charge in [-0.2, -0.15) is 4.98 Å². The molecule has 0 atom stereocenters. The molecule has 4 aromatic rings. The molecule has 4 N–H and O–H groups in total. The van der Waals surface area contributed by atoms with Gasteiger partial charge in [0.1, 0.15) is 22.8 Å². The van der Waals surface area contributed by atoms with Gasteiger partial charge in [0.15, 0.2) is 11.5 Å². The summed E-state index contributed by atoms with van der Waals surface area (Å²) in [5, 5.41) is 6.32. The van der Waals surface area contributed by atoms with Gasteiger partial charge in [0.25, 0.3) is 5.91 Å². The molecule has 4 rings (SSSR count). The smallest absolute Gasteiger partial charge is 0.256 e. The van der Waals surface area contributed by atoms with Crippen LogP contribution in [0.25, 0.3) is 5.65 Å². The third kappa shape index (κ3) is 3.70. The highest BCUT2D eigenvalue weighted by Gasteiger charge is 2.20. The average Bonchev–Trinajstić information content (AvgIpc) is 3.43. The molecule has 0 spiro atoms. The van der Waals surface area contributed by atoms with Crippen LogP contribution >= 0.6 is 0 Å². The number of furan rings is 1. The van der Waals surface area contributed by atoms with E-state index < -0.39 is 5.91 Å². The molecule has 10 heteroatoms. The monoisotopic (exact) mass is 408 g/mol. The summed E-state index contributed by atoms with van der Waals surface area (Å²) in [5.41, 5.74) is 6.79. The quantitative estimate of drug-likeness (QED) is 0.406. The molecule has 0 aliphatic heterocycles. The molecule has 1 amide bonds. The van der Waals surface area contributed by atoms with Gasteiger partial charge in [-0.3, -0.25) is 9.20 Å². The fourth-order valence-corrected chi connectivity index (χ4v) is 3.02. The third-order valence-corrected chi connectivity index (χ3v) is 4.41. The molecule has 0 aliphatic carbocycles. The second-order valence-electron chi connectivity index (χ2n) is 6.30. The molecule has 10 nitrogen and oxygen atoms in total. The lowest BCUT2D eigenvalue weighted by Gasteiger charge is -2.15. The summed E-state index contributed by atoms with van der Waals surface area (Å²) in [6.07, 6.45) is 4.86. The van der Waals surface area contributed by atoms with Gasteiger partial charge in [-0.1, -0.05) is 0 Å². The Morgan fingerprint density at radius 2 is 2.00 bits per heavy atom. The number of hydrogen-bond donors (Lipinski definition) is 3. The molecule has 0 radical (unpaired) electrons. The SMILES string of the molecule is COc1cc(Nc2nc(NCc3ccco3)n3ccnc3c2C(N)=O)cc(OC)c1. The Hall–Kier alpha value is -4.21. The fraction of sp³-hybridized carbons (Fsp3) is 0.150. The van der Waals surface area contributed by atoms with Crippen molar-refractivity contribution >= 4 is 29.0 Å². The number of fused-ring (bicyclic) bond motifs is 1. The van der Waals surface area contributed by atoms with Crippen molar-refractivity contribution in [1.82, 2.24) is 14.4 Å². The molecule has 0 saturated carbocycles. The maximum absolute atomic E-state index is 12.2. The number of nitrogens with one attached hydrogen (secondary N) is 2. The first-order chi connectivity index (χ1) is 14.6. The number of ether oxygens (including phenoxy) is 2. The Morgan fingerprint density at radius 1 is 1.23 bits per heavy atom. The zero-order chi connectivity index (χ0) is 21.1. The predicted octanol–water partition coefficient (Wildman–Crippen LogP) is 2.79. The topological polar surface area (TPSA) is 129 Å². The summed E-state index contributed by atoms with van der Waals surface area (Å²) in [7, 11) is 3.11. The maximum atomic E-state index is 12.2. The Kier molecular flexibility index (Phi) is 5.12. The molecule has 154 valence electrons. The highest BCUT2D eigenvalue weighted by molar-refractivity contribution is 6.04. The Balaban J connectivity index is 1.77.